The van der Waals surface area contributed by atoms with Crippen LogP contribution in [0.2, 0.25) is 0 Å². The molecule has 0 N–H and O–H groups in total. The molecule has 1 amide bonds. The van der Waals surface area contributed by atoms with E-state index in [4.69, 9.17) is 4.74 Å². The fourth-order valence-electron chi connectivity index (χ4n) is 3.38. The van der Waals surface area contributed by atoms with Gasteiger partial charge in [0.05, 0.1) is 30.2 Å². The van der Waals surface area contributed by atoms with Gasteiger partial charge in [-0.3, -0.25) is 9.69 Å². The summed E-state index contributed by atoms with van der Waals surface area (Å²) in [6.07, 6.45) is 0. The highest BCUT2D eigenvalue weighted by atomic mass is 32.2. The Balaban J connectivity index is 2.05. The lowest BCUT2D eigenvalue weighted by molar-refractivity contribution is -0.137. The second-order valence-electron chi connectivity index (χ2n) is 6.10. The van der Waals surface area contributed by atoms with Crippen LogP contribution in [0.5, 0.6) is 0 Å². The second-order valence-corrected chi connectivity index (χ2v) is 7.05. The van der Waals surface area contributed by atoms with Crippen LogP contribution >= 0.6 is 11.8 Å². The number of carbonyl (C=O) groups excluding carboxylic acids is 2. The van der Waals surface area contributed by atoms with E-state index in [1.165, 1.54) is 18.9 Å². The third-order valence-corrected chi connectivity index (χ3v) is 5.66. The molecular formula is C19H23N3O3S. The minimum absolute atomic E-state index is 0.0412. The molecule has 1 aromatic carbocycles. The van der Waals surface area contributed by atoms with Crippen molar-refractivity contribution in [2.24, 2.45) is 4.99 Å². The summed E-state index contributed by atoms with van der Waals surface area (Å²) in [5, 5.41) is 0.651. The minimum Gasteiger partial charge on any atom is -0.466 e. The van der Waals surface area contributed by atoms with Gasteiger partial charge in [-0.1, -0.05) is 23.9 Å². The molecule has 0 saturated carbocycles. The zero-order chi connectivity index (χ0) is 18.8. The molecule has 7 heteroatoms. The predicted molar refractivity (Wildman–Crippen MR) is 104 cm³/mol. The highest BCUT2D eigenvalue weighted by molar-refractivity contribution is 8.15. The van der Waals surface area contributed by atoms with E-state index in [2.05, 4.69) is 23.7 Å². The Bertz CT molecular complexity index is 782. The molecule has 1 unspecified atom stereocenters. The van der Waals surface area contributed by atoms with Crippen LogP contribution in [0.4, 0.5) is 5.69 Å². The number of rotatable bonds is 5. The Morgan fingerprint density at radius 1 is 1.31 bits per heavy atom. The van der Waals surface area contributed by atoms with E-state index in [-0.39, 0.29) is 5.91 Å². The van der Waals surface area contributed by atoms with Crippen molar-refractivity contribution in [3.63, 3.8) is 0 Å². The van der Waals surface area contributed by atoms with Gasteiger partial charge in [0.15, 0.2) is 5.17 Å². The van der Waals surface area contributed by atoms with Gasteiger partial charge in [0.2, 0.25) is 5.91 Å². The summed E-state index contributed by atoms with van der Waals surface area (Å²) >= 11 is 1.41. The van der Waals surface area contributed by atoms with Gasteiger partial charge in [0.25, 0.3) is 0 Å². The van der Waals surface area contributed by atoms with Crippen molar-refractivity contribution < 1.29 is 14.3 Å². The zero-order valence-corrected chi connectivity index (χ0v) is 16.3. The number of hydrogen-bond acceptors (Lipinski definition) is 6. The van der Waals surface area contributed by atoms with E-state index < -0.39 is 12.0 Å². The number of ether oxygens (including phenoxy) is 1. The summed E-state index contributed by atoms with van der Waals surface area (Å²) in [4.78, 5) is 33.2. The highest BCUT2D eigenvalue weighted by Crippen LogP contribution is 2.41. The molecule has 0 bridgehead atoms. The maximum absolute atomic E-state index is 12.5. The van der Waals surface area contributed by atoms with Crippen LogP contribution in [0, 0.1) is 0 Å². The van der Waals surface area contributed by atoms with Crippen molar-refractivity contribution in [1.82, 2.24) is 4.90 Å². The number of amidine groups is 1. The first kappa shape index (κ1) is 18.5. The number of allylic oxidation sites excluding steroid dienone is 1. The number of methoxy groups -OCH3 is 1. The van der Waals surface area contributed by atoms with Gasteiger partial charge in [-0.15, -0.1) is 0 Å². The number of benzene rings is 1. The molecule has 2 heterocycles. The van der Waals surface area contributed by atoms with E-state index >= 15 is 0 Å². The van der Waals surface area contributed by atoms with Crippen LogP contribution in [0.15, 0.2) is 40.5 Å². The lowest BCUT2D eigenvalue weighted by Gasteiger charge is -2.33. The fourth-order valence-corrected chi connectivity index (χ4v) is 4.32. The van der Waals surface area contributed by atoms with Crippen LogP contribution in [-0.2, 0) is 14.3 Å². The van der Waals surface area contributed by atoms with Crippen molar-refractivity contribution in [3.05, 3.63) is 41.1 Å². The molecule has 1 saturated heterocycles. The summed E-state index contributed by atoms with van der Waals surface area (Å²) in [5.74, 6) is -0.150. The number of fused-ring (bicyclic) bond motifs is 1. The molecule has 2 aliphatic rings. The SMILES string of the molecule is CCN(CC)c1ccc(C2C(C(=O)OC)=C(C)N=C3SCC(=O)N32)cc1. The maximum atomic E-state index is 12.5. The Morgan fingerprint density at radius 2 is 1.96 bits per heavy atom. The number of nitrogens with zero attached hydrogens (tertiary/aromatic N) is 3. The first-order valence-corrected chi connectivity index (χ1v) is 9.67. The Hall–Kier alpha value is -2.28. The summed E-state index contributed by atoms with van der Waals surface area (Å²) < 4.78 is 4.97. The molecular weight excluding hydrogens is 350 g/mol. The van der Waals surface area contributed by atoms with Crippen molar-refractivity contribution >= 4 is 34.5 Å². The number of hydrogen-bond donors (Lipinski definition) is 0. The molecule has 138 valence electrons. The Morgan fingerprint density at radius 3 is 2.54 bits per heavy atom. The maximum Gasteiger partial charge on any atom is 0.338 e. The minimum atomic E-state index is -0.497. The van der Waals surface area contributed by atoms with Crippen LogP contribution in [0.25, 0.3) is 0 Å². The number of esters is 1. The summed E-state index contributed by atoms with van der Waals surface area (Å²) in [6.45, 7) is 7.86. The number of carbonyl (C=O) groups is 2. The zero-order valence-electron chi connectivity index (χ0n) is 15.5. The summed E-state index contributed by atoms with van der Waals surface area (Å²) in [7, 11) is 1.35. The molecule has 1 atom stereocenters. The first-order valence-electron chi connectivity index (χ1n) is 8.69. The van der Waals surface area contributed by atoms with Crippen LogP contribution < -0.4 is 4.90 Å². The lowest BCUT2D eigenvalue weighted by Crippen LogP contribution is -2.39. The molecule has 26 heavy (non-hydrogen) atoms. The lowest BCUT2D eigenvalue weighted by atomic mass is 9.94. The molecule has 1 aromatic rings. The van der Waals surface area contributed by atoms with Gasteiger partial charge >= 0.3 is 5.97 Å². The number of amides is 1. The summed E-state index contributed by atoms with van der Waals surface area (Å²) in [5.41, 5.74) is 3.01. The number of aliphatic imine (C=N–C) groups is 1. The van der Waals surface area contributed by atoms with E-state index in [0.717, 1.165) is 24.3 Å². The third kappa shape index (κ3) is 3.11. The van der Waals surface area contributed by atoms with Crippen molar-refractivity contribution in [3.8, 4) is 0 Å². The molecule has 1 fully saturated rings. The van der Waals surface area contributed by atoms with Gasteiger partial charge in [-0.05, 0) is 38.5 Å². The van der Waals surface area contributed by atoms with Crippen molar-refractivity contribution in [2.75, 3.05) is 30.9 Å². The monoisotopic (exact) mass is 373 g/mol. The molecule has 2 aliphatic heterocycles. The largest absolute Gasteiger partial charge is 0.466 e. The second kappa shape index (κ2) is 7.53. The van der Waals surface area contributed by atoms with E-state index in [0.29, 0.717) is 22.2 Å². The van der Waals surface area contributed by atoms with Crippen LogP contribution in [-0.4, -0.2) is 47.9 Å². The Labute approximate surface area is 157 Å². The average Bonchev–Trinajstić information content (AvgIpc) is 3.02. The molecule has 0 spiro atoms. The average molecular weight is 373 g/mol. The normalized spacial score (nSPS) is 19.4. The van der Waals surface area contributed by atoms with Gasteiger partial charge < -0.3 is 9.64 Å². The fraction of sp³-hybridized carbons (Fsp3) is 0.421. The van der Waals surface area contributed by atoms with Crippen LogP contribution in [0.1, 0.15) is 32.4 Å². The van der Waals surface area contributed by atoms with Crippen molar-refractivity contribution in [2.45, 2.75) is 26.8 Å². The smallest absolute Gasteiger partial charge is 0.338 e. The third-order valence-electron chi connectivity index (χ3n) is 4.73. The van der Waals surface area contributed by atoms with Gasteiger partial charge in [0, 0.05) is 18.8 Å². The molecule has 0 radical (unpaired) electrons. The standard InChI is InChI=1S/C19H23N3O3S/c1-5-21(6-2)14-9-7-13(8-10-14)17-16(18(24)25-4)12(3)20-19-22(17)15(23)11-26-19/h7-10,17H,5-6,11H2,1-4H3. The number of anilines is 1. The quantitative estimate of drug-likeness (QED) is 0.743. The van der Waals surface area contributed by atoms with Crippen LogP contribution in [0.3, 0.4) is 0 Å². The topological polar surface area (TPSA) is 62.2 Å². The van der Waals surface area contributed by atoms with Gasteiger partial charge in [0.1, 0.15) is 0 Å². The Kier molecular flexibility index (Phi) is 5.36. The number of thioether (sulfide) groups is 1. The van der Waals surface area contributed by atoms with E-state index in [1.54, 1.807) is 11.8 Å². The molecule has 0 aliphatic carbocycles. The molecule has 0 aromatic heterocycles. The van der Waals surface area contributed by atoms with E-state index in [1.807, 2.05) is 24.3 Å². The first-order chi connectivity index (χ1) is 12.5. The van der Waals surface area contributed by atoms with E-state index in [9.17, 15) is 9.59 Å². The molecule has 3 rings (SSSR count). The highest BCUT2D eigenvalue weighted by Gasteiger charge is 2.43. The van der Waals surface area contributed by atoms with Crippen molar-refractivity contribution in [1.29, 1.82) is 0 Å². The predicted octanol–water partition coefficient (Wildman–Crippen LogP) is 2.97. The molecule has 6 nitrogen and oxygen atoms in total. The van der Waals surface area contributed by atoms with Gasteiger partial charge in [-0.25, -0.2) is 9.79 Å². The van der Waals surface area contributed by atoms with Gasteiger partial charge in [-0.2, -0.15) is 0 Å². The summed E-state index contributed by atoms with van der Waals surface area (Å²) in [6, 6.07) is 7.53.